The molecule has 2 aliphatic carbocycles. The van der Waals surface area contributed by atoms with Crippen molar-refractivity contribution in [2.45, 2.75) is 39.2 Å². The monoisotopic (exact) mass is 381 g/mol. The van der Waals surface area contributed by atoms with E-state index in [0.717, 1.165) is 18.4 Å². The van der Waals surface area contributed by atoms with Gasteiger partial charge >= 0.3 is 5.97 Å². The zero-order chi connectivity index (χ0) is 20.4. The molecule has 5 nitrogen and oxygen atoms in total. The van der Waals surface area contributed by atoms with Crippen LogP contribution in [0.2, 0.25) is 0 Å². The molecule has 5 heteroatoms. The fourth-order valence-corrected chi connectivity index (χ4v) is 4.54. The first-order chi connectivity index (χ1) is 13.3. The fraction of sp³-hybridized carbons (Fsp3) is 0.435. The van der Waals surface area contributed by atoms with E-state index in [1.807, 2.05) is 13.0 Å². The van der Waals surface area contributed by atoms with Crippen LogP contribution in [0.1, 0.15) is 43.5 Å². The normalized spacial score (nSPS) is 27.0. The lowest BCUT2D eigenvalue weighted by Gasteiger charge is -2.26. The largest absolute Gasteiger partial charge is 0.466 e. The standard InChI is InChI=1S/C23H27NO4/c1-13-10-11-17(14(2)23(27)28-4)12-18-15(3)21(25)20(19(13)18)24-22(26)16-8-6-5-7-9-16/h5-9,13,17,19-20H,2,10-12H2,1,3-4H3,(H,24,26)/t13-,17+,19-,20-/m0/s1. The van der Waals surface area contributed by atoms with E-state index in [2.05, 4.69) is 18.8 Å². The molecule has 1 amide bonds. The number of carbonyl (C=O) groups excluding carboxylic acids is 3. The topological polar surface area (TPSA) is 72.5 Å². The van der Waals surface area contributed by atoms with Gasteiger partial charge in [-0.25, -0.2) is 4.79 Å². The first kappa shape index (κ1) is 20.1. The molecule has 28 heavy (non-hydrogen) atoms. The van der Waals surface area contributed by atoms with Gasteiger partial charge in [-0.3, -0.25) is 9.59 Å². The lowest BCUT2D eigenvalue weighted by atomic mass is 9.83. The minimum Gasteiger partial charge on any atom is -0.466 e. The SMILES string of the molecule is C=C(C(=O)OC)[C@@H]1CC[C@H](C)[C@H]2C(=C(C)C(=O)[C@H]2NC(=O)c2ccccc2)C1. The van der Waals surface area contributed by atoms with Crippen LogP contribution in [-0.2, 0) is 14.3 Å². The van der Waals surface area contributed by atoms with Crippen molar-refractivity contribution in [3.8, 4) is 0 Å². The van der Waals surface area contributed by atoms with Gasteiger partial charge in [-0.15, -0.1) is 0 Å². The van der Waals surface area contributed by atoms with Gasteiger partial charge < -0.3 is 10.1 Å². The predicted octanol–water partition coefficient (Wildman–Crippen LogP) is 3.47. The summed E-state index contributed by atoms with van der Waals surface area (Å²) in [6.45, 7) is 7.87. The molecule has 0 bridgehead atoms. The van der Waals surface area contributed by atoms with Crippen LogP contribution in [0.3, 0.4) is 0 Å². The summed E-state index contributed by atoms with van der Waals surface area (Å²) in [6, 6.07) is 8.38. The third-order valence-corrected chi connectivity index (χ3v) is 6.21. The summed E-state index contributed by atoms with van der Waals surface area (Å²) in [7, 11) is 1.36. The molecule has 1 aromatic rings. The Morgan fingerprint density at radius 3 is 2.50 bits per heavy atom. The highest BCUT2D eigenvalue weighted by atomic mass is 16.5. The highest BCUT2D eigenvalue weighted by Gasteiger charge is 2.45. The van der Waals surface area contributed by atoms with E-state index in [0.29, 0.717) is 23.1 Å². The second-order valence-corrected chi connectivity index (χ2v) is 7.83. The molecule has 1 aromatic carbocycles. The van der Waals surface area contributed by atoms with Crippen LogP contribution < -0.4 is 5.32 Å². The quantitative estimate of drug-likeness (QED) is 0.640. The van der Waals surface area contributed by atoms with Gasteiger partial charge in [-0.05, 0) is 55.7 Å². The van der Waals surface area contributed by atoms with Crippen molar-refractivity contribution in [1.82, 2.24) is 5.32 Å². The predicted molar refractivity (Wildman–Crippen MR) is 107 cm³/mol. The number of carbonyl (C=O) groups is 3. The van der Waals surface area contributed by atoms with Crippen LogP contribution in [0.4, 0.5) is 0 Å². The van der Waals surface area contributed by atoms with Gasteiger partial charge in [0, 0.05) is 17.1 Å². The molecule has 0 heterocycles. The number of Topliss-reactive ketones (excluding diaryl/α,β-unsaturated/α-hetero) is 1. The number of fused-ring (bicyclic) bond motifs is 1. The van der Waals surface area contributed by atoms with Gasteiger partial charge in [0.2, 0.25) is 0 Å². The number of ketones is 1. The number of amides is 1. The van der Waals surface area contributed by atoms with Crippen LogP contribution >= 0.6 is 0 Å². The highest BCUT2D eigenvalue weighted by Crippen LogP contribution is 2.45. The molecular weight excluding hydrogens is 354 g/mol. The van der Waals surface area contributed by atoms with E-state index in [1.54, 1.807) is 24.3 Å². The number of ether oxygens (including phenoxy) is 1. The van der Waals surface area contributed by atoms with Crippen LogP contribution in [0.15, 0.2) is 53.6 Å². The molecule has 0 unspecified atom stereocenters. The first-order valence-corrected chi connectivity index (χ1v) is 9.72. The Bertz CT molecular complexity index is 839. The Kier molecular flexibility index (Phi) is 5.82. The van der Waals surface area contributed by atoms with Crippen molar-refractivity contribution in [2.75, 3.05) is 7.11 Å². The van der Waals surface area contributed by atoms with Crippen molar-refractivity contribution in [3.05, 3.63) is 59.2 Å². The Morgan fingerprint density at radius 2 is 1.86 bits per heavy atom. The smallest absolute Gasteiger partial charge is 0.333 e. The number of esters is 1. The van der Waals surface area contributed by atoms with E-state index in [4.69, 9.17) is 4.74 Å². The van der Waals surface area contributed by atoms with E-state index in [1.165, 1.54) is 7.11 Å². The molecule has 0 spiro atoms. The molecule has 0 radical (unpaired) electrons. The molecular formula is C23H27NO4. The second-order valence-electron chi connectivity index (χ2n) is 7.83. The molecule has 0 aliphatic heterocycles. The third kappa shape index (κ3) is 3.66. The maximum atomic E-state index is 13.0. The van der Waals surface area contributed by atoms with Gasteiger partial charge in [0.1, 0.15) is 0 Å². The van der Waals surface area contributed by atoms with E-state index in [9.17, 15) is 14.4 Å². The highest BCUT2D eigenvalue weighted by molar-refractivity contribution is 6.06. The van der Waals surface area contributed by atoms with Crippen molar-refractivity contribution in [2.24, 2.45) is 17.8 Å². The lowest BCUT2D eigenvalue weighted by molar-refractivity contribution is -0.136. The first-order valence-electron chi connectivity index (χ1n) is 9.72. The molecule has 4 atom stereocenters. The van der Waals surface area contributed by atoms with Crippen molar-refractivity contribution >= 4 is 17.7 Å². The molecule has 2 aliphatic rings. The summed E-state index contributed by atoms with van der Waals surface area (Å²) >= 11 is 0. The van der Waals surface area contributed by atoms with Gasteiger partial charge in [-0.2, -0.15) is 0 Å². The zero-order valence-electron chi connectivity index (χ0n) is 16.7. The van der Waals surface area contributed by atoms with E-state index < -0.39 is 12.0 Å². The minimum atomic E-state index is -0.553. The van der Waals surface area contributed by atoms with Crippen LogP contribution in [0.5, 0.6) is 0 Å². The molecule has 1 fully saturated rings. The van der Waals surface area contributed by atoms with Crippen molar-refractivity contribution < 1.29 is 19.1 Å². The number of methoxy groups -OCH3 is 1. The summed E-state index contributed by atoms with van der Waals surface area (Å²) in [4.78, 5) is 37.6. The molecule has 1 saturated carbocycles. The van der Waals surface area contributed by atoms with E-state index in [-0.39, 0.29) is 29.4 Å². The average molecular weight is 381 g/mol. The summed E-state index contributed by atoms with van der Waals surface area (Å²) in [5.41, 5.74) is 2.75. The summed E-state index contributed by atoms with van der Waals surface area (Å²) < 4.78 is 4.84. The lowest BCUT2D eigenvalue weighted by Crippen LogP contribution is -2.45. The Morgan fingerprint density at radius 1 is 1.18 bits per heavy atom. The van der Waals surface area contributed by atoms with Crippen LogP contribution in [-0.4, -0.2) is 30.8 Å². The maximum Gasteiger partial charge on any atom is 0.333 e. The average Bonchev–Trinajstić information content (AvgIpc) is 2.84. The molecule has 0 saturated heterocycles. The molecule has 0 aromatic heterocycles. The molecule has 148 valence electrons. The number of hydrogen-bond donors (Lipinski definition) is 1. The van der Waals surface area contributed by atoms with Crippen molar-refractivity contribution in [3.63, 3.8) is 0 Å². The second kappa shape index (κ2) is 8.13. The van der Waals surface area contributed by atoms with Gasteiger partial charge in [-0.1, -0.05) is 37.3 Å². The van der Waals surface area contributed by atoms with Gasteiger partial charge in [0.25, 0.3) is 5.91 Å². The summed E-state index contributed by atoms with van der Waals surface area (Å²) in [5, 5.41) is 2.97. The molecule has 1 N–H and O–H groups in total. The Hall–Kier alpha value is -2.69. The molecule has 3 rings (SSSR count). The Balaban J connectivity index is 1.85. The van der Waals surface area contributed by atoms with Crippen LogP contribution in [0.25, 0.3) is 0 Å². The Labute approximate surface area is 165 Å². The number of rotatable bonds is 4. The number of benzene rings is 1. The summed E-state index contributed by atoms with van der Waals surface area (Å²) in [5.74, 6) is -0.530. The van der Waals surface area contributed by atoms with Gasteiger partial charge in [0.05, 0.1) is 13.2 Å². The third-order valence-electron chi connectivity index (χ3n) is 6.21. The zero-order valence-corrected chi connectivity index (χ0v) is 16.7. The number of nitrogens with one attached hydrogen (secondary N) is 1. The maximum absolute atomic E-state index is 13.0. The number of hydrogen-bond acceptors (Lipinski definition) is 4. The van der Waals surface area contributed by atoms with Gasteiger partial charge in [0.15, 0.2) is 5.78 Å². The fourth-order valence-electron chi connectivity index (χ4n) is 4.54. The van der Waals surface area contributed by atoms with Crippen molar-refractivity contribution in [1.29, 1.82) is 0 Å². The minimum absolute atomic E-state index is 0.0274. The summed E-state index contributed by atoms with van der Waals surface area (Å²) in [6.07, 6.45) is 2.28. The van der Waals surface area contributed by atoms with E-state index >= 15 is 0 Å². The van der Waals surface area contributed by atoms with Crippen LogP contribution in [0, 0.1) is 17.8 Å².